The van der Waals surface area contributed by atoms with Crippen LogP contribution < -0.4 is 9.47 Å². The van der Waals surface area contributed by atoms with E-state index in [0.29, 0.717) is 5.57 Å². The molecule has 4 aromatic rings. The molecule has 1 atom stereocenters. The lowest BCUT2D eigenvalue weighted by molar-refractivity contribution is -0.146. The van der Waals surface area contributed by atoms with Gasteiger partial charge in [-0.3, -0.25) is 0 Å². The van der Waals surface area contributed by atoms with Crippen molar-refractivity contribution in [1.82, 2.24) is 0 Å². The second-order valence-electron chi connectivity index (χ2n) is 9.19. The van der Waals surface area contributed by atoms with Gasteiger partial charge in [0.1, 0.15) is 30.0 Å². The lowest BCUT2D eigenvalue weighted by Gasteiger charge is -2.20. The van der Waals surface area contributed by atoms with Crippen molar-refractivity contribution in [2.45, 2.75) is 52.1 Å². The van der Waals surface area contributed by atoms with Crippen molar-refractivity contribution in [3.63, 3.8) is 0 Å². The van der Waals surface area contributed by atoms with E-state index in [1.807, 2.05) is 54.6 Å². The Hall–Kier alpha value is -3.79. The molecule has 1 unspecified atom stereocenters. The van der Waals surface area contributed by atoms with Crippen molar-refractivity contribution in [1.29, 1.82) is 0 Å². The first kappa shape index (κ1) is 25.3. The molecule has 4 aromatic carbocycles. The molecule has 0 aliphatic carbocycles. The zero-order valence-electron chi connectivity index (χ0n) is 21.2. The number of unbranched alkanes of at least 4 members (excludes halogenated alkanes) is 3. The number of esters is 1. The number of rotatable bonds is 12. The lowest BCUT2D eigenvalue weighted by Crippen LogP contribution is -2.25. The summed E-state index contributed by atoms with van der Waals surface area (Å²) in [5, 5.41) is 4.12. The summed E-state index contributed by atoms with van der Waals surface area (Å²) in [5.74, 6) is 1.91. The Kier molecular flexibility index (Phi) is 8.62. The Morgan fingerprint density at radius 2 is 1.58 bits per heavy atom. The molecule has 4 heteroatoms. The van der Waals surface area contributed by atoms with Crippen LogP contribution in [0, 0.1) is 0 Å². The van der Waals surface area contributed by atoms with Gasteiger partial charge in [-0.25, -0.2) is 4.79 Å². The smallest absolute Gasteiger partial charge is 0.333 e. The first-order chi connectivity index (χ1) is 17.5. The summed E-state index contributed by atoms with van der Waals surface area (Å²) in [6.45, 7) is 7.86. The molecule has 0 radical (unpaired) electrons. The monoisotopic (exact) mass is 482 g/mol. The third kappa shape index (κ3) is 6.45. The van der Waals surface area contributed by atoms with Gasteiger partial charge in [-0.2, -0.15) is 0 Å². The Morgan fingerprint density at radius 3 is 2.36 bits per heavy atom. The minimum Gasteiger partial charge on any atom is -0.488 e. The molecule has 4 nitrogen and oxygen atoms in total. The Balaban J connectivity index is 1.65. The fourth-order valence-corrected chi connectivity index (χ4v) is 4.25. The van der Waals surface area contributed by atoms with Crippen LogP contribution in [-0.2, 0) is 9.53 Å². The van der Waals surface area contributed by atoms with Gasteiger partial charge in [-0.05, 0) is 60.9 Å². The van der Waals surface area contributed by atoms with Crippen LogP contribution >= 0.6 is 0 Å². The Morgan fingerprint density at radius 1 is 0.833 bits per heavy atom. The van der Waals surface area contributed by atoms with E-state index >= 15 is 0 Å². The van der Waals surface area contributed by atoms with E-state index in [2.05, 4.69) is 37.8 Å². The summed E-state index contributed by atoms with van der Waals surface area (Å²) in [6.07, 6.45) is 4.82. The molecule has 186 valence electrons. The predicted molar refractivity (Wildman–Crippen MR) is 147 cm³/mol. The molecule has 36 heavy (non-hydrogen) atoms. The summed E-state index contributed by atoms with van der Waals surface area (Å²) in [6, 6.07) is 26.1. The Bertz CT molecular complexity index is 1330. The maximum absolute atomic E-state index is 12.3. The molecule has 0 spiro atoms. The molecular formula is C32H34O4. The van der Waals surface area contributed by atoms with E-state index in [1.165, 1.54) is 6.42 Å². The van der Waals surface area contributed by atoms with Crippen molar-refractivity contribution in [3.8, 4) is 17.2 Å². The van der Waals surface area contributed by atoms with Crippen LogP contribution in [0.1, 0.15) is 46.0 Å². The molecule has 0 aromatic heterocycles. The molecule has 0 amide bonds. The minimum atomic E-state index is -0.375. The minimum absolute atomic E-state index is 0.276. The number of ether oxygens (including phenoxy) is 3. The van der Waals surface area contributed by atoms with E-state index in [4.69, 9.17) is 14.2 Å². The van der Waals surface area contributed by atoms with Gasteiger partial charge < -0.3 is 14.2 Å². The van der Waals surface area contributed by atoms with Gasteiger partial charge in [0.25, 0.3) is 0 Å². The number of fused-ring (bicyclic) bond motifs is 2. The van der Waals surface area contributed by atoms with Crippen molar-refractivity contribution >= 4 is 27.5 Å². The summed E-state index contributed by atoms with van der Waals surface area (Å²) >= 11 is 0. The molecule has 0 saturated heterocycles. The molecule has 0 N–H and O–H groups in total. The van der Waals surface area contributed by atoms with Crippen molar-refractivity contribution in [2.24, 2.45) is 0 Å². The zero-order chi connectivity index (χ0) is 25.3. The normalized spacial score (nSPS) is 11.8. The number of carbonyl (C=O) groups excluding carboxylic acids is 1. The van der Waals surface area contributed by atoms with Crippen LogP contribution in [0.4, 0.5) is 0 Å². The largest absolute Gasteiger partial charge is 0.488 e. The van der Waals surface area contributed by atoms with Crippen LogP contribution in [0.3, 0.4) is 0 Å². The van der Waals surface area contributed by atoms with Gasteiger partial charge in [-0.15, -0.1) is 0 Å². The summed E-state index contributed by atoms with van der Waals surface area (Å²) in [7, 11) is 0. The maximum Gasteiger partial charge on any atom is 0.333 e. The highest BCUT2D eigenvalue weighted by Crippen LogP contribution is 2.38. The highest BCUT2D eigenvalue weighted by molar-refractivity contribution is 6.05. The number of carbonyl (C=O) groups is 1. The number of para-hydroxylation sites is 1. The van der Waals surface area contributed by atoms with Crippen molar-refractivity contribution in [2.75, 3.05) is 6.61 Å². The molecule has 0 saturated carbocycles. The fourth-order valence-electron chi connectivity index (χ4n) is 4.25. The lowest BCUT2D eigenvalue weighted by atomic mass is 10.0. The first-order valence-electron chi connectivity index (χ1n) is 12.7. The topological polar surface area (TPSA) is 44.8 Å². The van der Waals surface area contributed by atoms with Crippen LogP contribution in [0.15, 0.2) is 91.0 Å². The average molecular weight is 483 g/mol. The van der Waals surface area contributed by atoms with Crippen LogP contribution in [0.25, 0.3) is 21.5 Å². The molecule has 0 aliphatic heterocycles. The fraction of sp³-hybridized carbons (Fsp3) is 0.281. The van der Waals surface area contributed by atoms with Gasteiger partial charge >= 0.3 is 5.97 Å². The number of hydrogen-bond acceptors (Lipinski definition) is 4. The van der Waals surface area contributed by atoms with Crippen LogP contribution in [0.5, 0.6) is 17.2 Å². The summed E-state index contributed by atoms with van der Waals surface area (Å²) in [4.78, 5) is 12.3. The third-order valence-electron chi connectivity index (χ3n) is 6.18. The maximum atomic E-state index is 12.3. The highest BCUT2D eigenvalue weighted by Gasteiger charge is 2.18. The molecule has 4 rings (SSSR count). The van der Waals surface area contributed by atoms with Gasteiger partial charge in [0, 0.05) is 16.3 Å². The van der Waals surface area contributed by atoms with Crippen molar-refractivity contribution in [3.05, 3.63) is 91.0 Å². The number of benzene rings is 4. The second-order valence-corrected chi connectivity index (χ2v) is 9.19. The quantitative estimate of drug-likeness (QED) is 0.0877. The molecule has 0 bridgehead atoms. The van der Waals surface area contributed by atoms with E-state index in [1.54, 1.807) is 6.92 Å². The number of hydrogen-bond donors (Lipinski definition) is 0. The molecule has 0 fully saturated rings. The van der Waals surface area contributed by atoms with Gasteiger partial charge in [0.2, 0.25) is 0 Å². The van der Waals surface area contributed by atoms with Crippen LogP contribution in [0.2, 0.25) is 0 Å². The highest BCUT2D eigenvalue weighted by atomic mass is 16.6. The second kappa shape index (κ2) is 12.3. The zero-order valence-corrected chi connectivity index (χ0v) is 21.2. The molecule has 0 aliphatic rings. The van der Waals surface area contributed by atoms with Crippen LogP contribution in [-0.4, -0.2) is 18.7 Å². The first-order valence-corrected chi connectivity index (χ1v) is 12.7. The predicted octanol–water partition coefficient (Wildman–Crippen LogP) is 8.62. The summed E-state index contributed by atoms with van der Waals surface area (Å²) < 4.78 is 18.3. The van der Waals surface area contributed by atoms with Gasteiger partial charge in [-0.1, -0.05) is 81.3 Å². The molecule has 0 heterocycles. The third-order valence-corrected chi connectivity index (χ3v) is 6.18. The average Bonchev–Trinajstić information content (AvgIpc) is 2.89. The van der Waals surface area contributed by atoms with Crippen molar-refractivity contribution < 1.29 is 19.0 Å². The van der Waals surface area contributed by atoms with Gasteiger partial charge in [0.05, 0.1) is 0 Å². The SMILES string of the molecule is C=C(C)C(=O)OC(CCCCCC)COc1c2ccccc2cc2ccc(Oc3ccccc3)cc12. The van der Waals surface area contributed by atoms with E-state index in [0.717, 1.165) is 64.5 Å². The van der Waals surface area contributed by atoms with Gasteiger partial charge in [0.15, 0.2) is 0 Å². The molecular weight excluding hydrogens is 448 g/mol. The Labute approximate surface area is 213 Å². The van der Waals surface area contributed by atoms with E-state index in [9.17, 15) is 4.79 Å². The van der Waals surface area contributed by atoms with E-state index < -0.39 is 0 Å². The summed E-state index contributed by atoms with van der Waals surface area (Å²) in [5.41, 5.74) is 0.395. The standard InChI is InChI=1S/C32H34O4/c1-4-5-6-8-16-28(36-32(33)23(2)3)22-34-31-29-17-12-11-13-24(29)20-25-18-19-27(21-30(25)31)35-26-14-9-7-10-15-26/h7,9-15,17-21,28H,2,4-6,8,16,22H2,1,3H3. The van der Waals surface area contributed by atoms with E-state index in [-0.39, 0.29) is 18.7 Å².